The van der Waals surface area contributed by atoms with Crippen molar-refractivity contribution >= 4 is 17.7 Å². The van der Waals surface area contributed by atoms with E-state index >= 15 is 0 Å². The first kappa shape index (κ1) is 13.8. The van der Waals surface area contributed by atoms with E-state index in [0.29, 0.717) is 12.6 Å². The lowest BCUT2D eigenvalue weighted by Crippen LogP contribution is -2.42. The number of nitrogens with zero attached hydrogens (tertiary/aromatic N) is 1. The van der Waals surface area contributed by atoms with Crippen LogP contribution < -0.4 is 5.32 Å². The molecule has 0 rings (SSSR count). The van der Waals surface area contributed by atoms with Crippen molar-refractivity contribution < 1.29 is 4.79 Å². The largest absolute Gasteiger partial charge is 0.342 e. The minimum absolute atomic E-state index is 0.160. The molecular formula is C10H22N2OS. The highest BCUT2D eigenvalue weighted by Crippen LogP contribution is 1.97. The Hall–Kier alpha value is -0.220. The summed E-state index contributed by atoms with van der Waals surface area (Å²) in [4.78, 5) is 13.3. The van der Waals surface area contributed by atoms with Gasteiger partial charge in [-0.1, -0.05) is 0 Å². The molecule has 1 amide bonds. The molecule has 3 nitrogen and oxygen atoms in total. The molecule has 14 heavy (non-hydrogen) atoms. The zero-order chi connectivity index (χ0) is 11.1. The molecule has 0 radical (unpaired) electrons. The number of likely N-dealkylation sites (N-methyl/N-ethyl adjacent to an activating group) is 1. The summed E-state index contributed by atoms with van der Waals surface area (Å²) >= 11 is 1.79. The van der Waals surface area contributed by atoms with Crippen molar-refractivity contribution in [3.05, 3.63) is 0 Å². The highest BCUT2D eigenvalue weighted by Gasteiger charge is 2.12. The maximum atomic E-state index is 11.5. The third kappa shape index (κ3) is 5.50. The lowest BCUT2D eigenvalue weighted by atomic mass is 10.3. The Morgan fingerprint density at radius 2 is 2.00 bits per heavy atom. The smallest absolute Gasteiger partial charge is 0.236 e. The second kappa shape index (κ2) is 7.12. The van der Waals surface area contributed by atoms with Crippen LogP contribution in [0.3, 0.4) is 0 Å². The third-order valence-electron chi connectivity index (χ3n) is 2.19. The van der Waals surface area contributed by atoms with Crippen molar-refractivity contribution in [1.29, 1.82) is 0 Å². The molecule has 0 aromatic carbocycles. The molecule has 0 heterocycles. The fourth-order valence-electron chi connectivity index (χ4n) is 0.983. The van der Waals surface area contributed by atoms with Gasteiger partial charge in [0.05, 0.1) is 6.54 Å². The van der Waals surface area contributed by atoms with E-state index in [4.69, 9.17) is 0 Å². The number of rotatable bonds is 6. The average Bonchev–Trinajstić information content (AvgIpc) is 2.13. The van der Waals surface area contributed by atoms with E-state index in [1.165, 1.54) is 0 Å². The summed E-state index contributed by atoms with van der Waals surface area (Å²) in [5, 5.41) is 3.21. The van der Waals surface area contributed by atoms with Crippen LogP contribution in [0.4, 0.5) is 0 Å². The van der Waals surface area contributed by atoms with E-state index in [1.54, 1.807) is 16.7 Å². The quantitative estimate of drug-likeness (QED) is 0.727. The van der Waals surface area contributed by atoms with E-state index < -0.39 is 0 Å². The number of nitrogens with one attached hydrogen (secondary N) is 1. The summed E-state index contributed by atoms with van der Waals surface area (Å²) in [6, 6.07) is 0.676. The molecule has 0 aromatic heterocycles. The van der Waals surface area contributed by atoms with Gasteiger partial charge in [0, 0.05) is 24.9 Å². The fourth-order valence-corrected chi connectivity index (χ4v) is 1.60. The van der Waals surface area contributed by atoms with Crippen molar-refractivity contribution in [3.63, 3.8) is 0 Å². The van der Waals surface area contributed by atoms with Crippen molar-refractivity contribution in [2.45, 2.75) is 32.9 Å². The first-order chi connectivity index (χ1) is 6.49. The number of hydrogen-bond acceptors (Lipinski definition) is 3. The van der Waals surface area contributed by atoms with Crippen molar-refractivity contribution in [2.24, 2.45) is 0 Å². The molecule has 1 N–H and O–H groups in total. The van der Waals surface area contributed by atoms with Gasteiger partial charge in [-0.2, -0.15) is 11.8 Å². The van der Waals surface area contributed by atoms with E-state index in [-0.39, 0.29) is 11.9 Å². The Labute approximate surface area is 91.6 Å². The Bertz CT molecular complexity index is 174. The first-order valence-electron chi connectivity index (χ1n) is 4.97. The van der Waals surface area contributed by atoms with E-state index in [2.05, 4.69) is 18.5 Å². The number of hydrogen-bond donors (Lipinski definition) is 1. The Kier molecular flexibility index (Phi) is 7.01. The molecule has 0 spiro atoms. The van der Waals surface area contributed by atoms with Gasteiger partial charge >= 0.3 is 0 Å². The summed E-state index contributed by atoms with van der Waals surface area (Å²) in [5.74, 6) is 1.20. The van der Waals surface area contributed by atoms with Crippen LogP contribution in [0.5, 0.6) is 0 Å². The molecule has 4 heteroatoms. The minimum Gasteiger partial charge on any atom is -0.342 e. The molecule has 0 saturated carbocycles. The monoisotopic (exact) mass is 218 g/mol. The summed E-state index contributed by atoms with van der Waals surface area (Å²) < 4.78 is 0. The van der Waals surface area contributed by atoms with E-state index in [9.17, 15) is 4.79 Å². The van der Waals surface area contributed by atoms with Gasteiger partial charge in [-0.05, 0) is 27.0 Å². The van der Waals surface area contributed by atoms with Crippen LogP contribution in [-0.2, 0) is 4.79 Å². The van der Waals surface area contributed by atoms with Gasteiger partial charge < -0.3 is 10.2 Å². The standard InChI is InChI=1S/C10H22N2OS/c1-8(2)12(4)10(13)6-11-9(3)7-14-5/h8-9,11H,6-7H2,1-5H3. The molecule has 1 unspecified atom stereocenters. The Balaban J connectivity index is 3.73. The summed E-state index contributed by atoms with van der Waals surface area (Å²) in [5.41, 5.74) is 0. The molecule has 1 atom stereocenters. The second-order valence-corrected chi connectivity index (χ2v) is 4.75. The van der Waals surface area contributed by atoms with Gasteiger partial charge in [0.25, 0.3) is 0 Å². The molecule has 0 aliphatic heterocycles. The number of thioether (sulfide) groups is 1. The van der Waals surface area contributed by atoms with Gasteiger partial charge in [-0.15, -0.1) is 0 Å². The molecule has 0 aromatic rings. The zero-order valence-electron chi connectivity index (χ0n) is 9.83. The molecule has 84 valence electrons. The molecular weight excluding hydrogens is 196 g/mol. The van der Waals surface area contributed by atoms with Crippen molar-refractivity contribution in [3.8, 4) is 0 Å². The maximum Gasteiger partial charge on any atom is 0.236 e. The molecule has 0 aliphatic carbocycles. The van der Waals surface area contributed by atoms with Crippen LogP contribution in [0.1, 0.15) is 20.8 Å². The lowest BCUT2D eigenvalue weighted by Gasteiger charge is -2.22. The minimum atomic E-state index is 0.160. The zero-order valence-corrected chi connectivity index (χ0v) is 10.6. The maximum absolute atomic E-state index is 11.5. The molecule has 0 bridgehead atoms. The first-order valence-corrected chi connectivity index (χ1v) is 6.36. The highest BCUT2D eigenvalue weighted by atomic mass is 32.2. The van der Waals surface area contributed by atoms with Gasteiger partial charge in [0.2, 0.25) is 5.91 Å². The number of amides is 1. The second-order valence-electron chi connectivity index (χ2n) is 3.84. The summed E-state index contributed by atoms with van der Waals surface area (Å²) in [6.45, 7) is 6.57. The van der Waals surface area contributed by atoms with Gasteiger partial charge in [0.15, 0.2) is 0 Å². The SMILES string of the molecule is CSCC(C)NCC(=O)N(C)C(C)C. The topological polar surface area (TPSA) is 32.3 Å². The highest BCUT2D eigenvalue weighted by molar-refractivity contribution is 7.98. The van der Waals surface area contributed by atoms with Gasteiger partial charge in [0.1, 0.15) is 0 Å². The summed E-state index contributed by atoms with van der Waals surface area (Å²) in [6.07, 6.45) is 2.07. The van der Waals surface area contributed by atoms with E-state index in [0.717, 1.165) is 5.75 Å². The molecule has 0 saturated heterocycles. The predicted molar refractivity (Wildman–Crippen MR) is 63.8 cm³/mol. The number of carbonyl (C=O) groups excluding carboxylic acids is 1. The van der Waals surface area contributed by atoms with Crippen LogP contribution in [0.25, 0.3) is 0 Å². The van der Waals surface area contributed by atoms with Crippen LogP contribution in [0, 0.1) is 0 Å². The molecule has 0 aliphatic rings. The Morgan fingerprint density at radius 3 is 2.43 bits per heavy atom. The van der Waals surface area contributed by atoms with E-state index in [1.807, 2.05) is 20.9 Å². The fraction of sp³-hybridized carbons (Fsp3) is 0.900. The van der Waals surface area contributed by atoms with Crippen LogP contribution in [-0.4, -0.2) is 48.5 Å². The van der Waals surface area contributed by atoms with Crippen LogP contribution in [0.15, 0.2) is 0 Å². The molecule has 0 fully saturated rings. The van der Waals surface area contributed by atoms with Crippen molar-refractivity contribution in [2.75, 3.05) is 25.6 Å². The normalized spacial score (nSPS) is 13.0. The van der Waals surface area contributed by atoms with Gasteiger partial charge in [-0.25, -0.2) is 0 Å². The Morgan fingerprint density at radius 1 is 1.43 bits per heavy atom. The van der Waals surface area contributed by atoms with Crippen molar-refractivity contribution in [1.82, 2.24) is 10.2 Å². The summed E-state index contributed by atoms with van der Waals surface area (Å²) in [7, 11) is 1.84. The average molecular weight is 218 g/mol. The van der Waals surface area contributed by atoms with Crippen LogP contribution in [0.2, 0.25) is 0 Å². The van der Waals surface area contributed by atoms with Crippen LogP contribution >= 0.6 is 11.8 Å². The van der Waals surface area contributed by atoms with Gasteiger partial charge in [-0.3, -0.25) is 4.79 Å². The third-order valence-corrected chi connectivity index (χ3v) is 3.02. The predicted octanol–water partition coefficient (Wildman–Crippen LogP) is 1.19. The lowest BCUT2D eigenvalue weighted by molar-refractivity contribution is -0.130. The number of carbonyl (C=O) groups is 1.